The summed E-state index contributed by atoms with van der Waals surface area (Å²) in [7, 11) is 0. The standard InChI is InChI=1S/C20H13F3N4OS/c21-20(22,23)12-10-13(11-6-2-1-3-7-11)26-19-15(12)16(24)17(29-19)18(28)27-14-8-4-5-9-25-14/h1-10H,24H2,(H,25,27,28). The largest absolute Gasteiger partial charge is 0.417 e. The first kappa shape index (κ1) is 18.9. The number of aromatic nitrogens is 2. The molecule has 29 heavy (non-hydrogen) atoms. The van der Waals surface area contributed by atoms with E-state index in [-0.39, 0.29) is 32.3 Å². The number of hydrogen-bond acceptors (Lipinski definition) is 5. The summed E-state index contributed by atoms with van der Waals surface area (Å²) >= 11 is 0.814. The molecule has 3 N–H and O–H groups in total. The van der Waals surface area contributed by atoms with Gasteiger partial charge in [-0.3, -0.25) is 4.79 Å². The van der Waals surface area contributed by atoms with E-state index in [1.54, 1.807) is 48.5 Å². The van der Waals surface area contributed by atoms with Crippen molar-refractivity contribution in [3.63, 3.8) is 0 Å². The number of amides is 1. The van der Waals surface area contributed by atoms with Crippen LogP contribution in [0.3, 0.4) is 0 Å². The van der Waals surface area contributed by atoms with E-state index in [0.717, 1.165) is 17.4 Å². The van der Waals surface area contributed by atoms with Crippen LogP contribution in [0.15, 0.2) is 60.8 Å². The number of nitrogens with zero attached hydrogens (tertiary/aromatic N) is 2. The van der Waals surface area contributed by atoms with Gasteiger partial charge in [-0.05, 0) is 18.2 Å². The van der Waals surface area contributed by atoms with Crippen LogP contribution in [-0.4, -0.2) is 15.9 Å². The van der Waals surface area contributed by atoms with Crippen LogP contribution in [0.2, 0.25) is 0 Å². The number of benzene rings is 1. The molecule has 0 unspecified atom stereocenters. The van der Waals surface area contributed by atoms with Gasteiger partial charge in [0.1, 0.15) is 15.5 Å². The van der Waals surface area contributed by atoms with Crippen molar-refractivity contribution in [3.8, 4) is 11.3 Å². The molecule has 0 bridgehead atoms. The molecule has 1 aromatic carbocycles. The number of nitrogens with one attached hydrogen (secondary N) is 1. The van der Waals surface area contributed by atoms with Gasteiger partial charge in [-0.15, -0.1) is 11.3 Å². The molecule has 0 aliphatic carbocycles. The van der Waals surface area contributed by atoms with Gasteiger partial charge >= 0.3 is 6.18 Å². The fourth-order valence-electron chi connectivity index (χ4n) is 2.88. The molecule has 0 spiro atoms. The second-order valence-electron chi connectivity index (χ2n) is 6.11. The molecule has 0 aliphatic heterocycles. The second-order valence-corrected chi connectivity index (χ2v) is 7.11. The Bertz CT molecular complexity index is 1190. The summed E-state index contributed by atoms with van der Waals surface area (Å²) in [4.78, 5) is 20.9. The number of nitrogens with two attached hydrogens (primary N) is 1. The fraction of sp³-hybridized carbons (Fsp3) is 0.0500. The molecule has 146 valence electrons. The number of halogens is 3. The molecule has 0 saturated heterocycles. The predicted octanol–water partition coefficient (Wildman–Crippen LogP) is 5.21. The van der Waals surface area contributed by atoms with Crippen LogP contribution in [0, 0.1) is 0 Å². The lowest BCUT2D eigenvalue weighted by molar-refractivity contribution is -0.136. The van der Waals surface area contributed by atoms with E-state index >= 15 is 0 Å². The van der Waals surface area contributed by atoms with Crippen molar-refractivity contribution in [3.05, 3.63) is 71.2 Å². The van der Waals surface area contributed by atoms with E-state index in [2.05, 4.69) is 15.3 Å². The van der Waals surface area contributed by atoms with Gasteiger partial charge in [0.2, 0.25) is 0 Å². The molecule has 5 nitrogen and oxygen atoms in total. The van der Waals surface area contributed by atoms with Gasteiger partial charge in [0, 0.05) is 17.1 Å². The number of alkyl halides is 3. The summed E-state index contributed by atoms with van der Waals surface area (Å²) in [5.74, 6) is -0.373. The minimum Gasteiger partial charge on any atom is -0.397 e. The van der Waals surface area contributed by atoms with Crippen LogP contribution in [0.1, 0.15) is 15.2 Å². The third-order valence-corrected chi connectivity index (χ3v) is 5.28. The predicted molar refractivity (Wildman–Crippen MR) is 107 cm³/mol. The van der Waals surface area contributed by atoms with E-state index < -0.39 is 17.6 Å². The number of nitrogen functional groups attached to an aromatic ring is 1. The number of rotatable bonds is 3. The van der Waals surface area contributed by atoms with Crippen molar-refractivity contribution in [1.29, 1.82) is 0 Å². The number of thiophene rings is 1. The Hall–Kier alpha value is -3.46. The Kier molecular flexibility index (Phi) is 4.67. The highest BCUT2D eigenvalue weighted by atomic mass is 32.1. The van der Waals surface area contributed by atoms with Gasteiger partial charge in [-0.25, -0.2) is 9.97 Å². The summed E-state index contributed by atoms with van der Waals surface area (Å²) in [5.41, 5.74) is 5.48. The molecule has 0 saturated carbocycles. The molecule has 9 heteroatoms. The zero-order chi connectivity index (χ0) is 20.6. The summed E-state index contributed by atoms with van der Waals surface area (Å²) in [6.07, 6.45) is -3.17. The van der Waals surface area contributed by atoms with Gasteiger partial charge in [0.15, 0.2) is 0 Å². The lowest BCUT2D eigenvalue weighted by Crippen LogP contribution is -2.13. The Morgan fingerprint density at radius 2 is 1.79 bits per heavy atom. The zero-order valence-corrected chi connectivity index (χ0v) is 15.5. The van der Waals surface area contributed by atoms with Crippen molar-refractivity contribution >= 4 is 39.0 Å². The maximum atomic E-state index is 13.8. The molecule has 0 fully saturated rings. The molecule has 4 aromatic rings. The highest BCUT2D eigenvalue weighted by Crippen LogP contribution is 2.43. The number of hydrogen-bond donors (Lipinski definition) is 2. The van der Waals surface area contributed by atoms with Crippen LogP contribution in [0.4, 0.5) is 24.7 Å². The summed E-state index contributed by atoms with van der Waals surface area (Å²) < 4.78 is 41.3. The zero-order valence-electron chi connectivity index (χ0n) is 14.7. The quantitative estimate of drug-likeness (QED) is 0.482. The van der Waals surface area contributed by atoms with Crippen molar-refractivity contribution in [1.82, 2.24) is 9.97 Å². The fourth-order valence-corrected chi connectivity index (χ4v) is 3.89. The first-order valence-corrected chi connectivity index (χ1v) is 9.24. The molecular formula is C20H13F3N4OS. The number of pyridine rings is 2. The number of anilines is 2. The highest BCUT2D eigenvalue weighted by Gasteiger charge is 2.36. The minimum absolute atomic E-state index is 0.0438. The first-order valence-electron chi connectivity index (χ1n) is 8.42. The molecule has 0 atom stereocenters. The van der Waals surface area contributed by atoms with Gasteiger partial charge in [-0.1, -0.05) is 36.4 Å². The monoisotopic (exact) mass is 414 g/mol. The summed E-state index contributed by atoms with van der Waals surface area (Å²) in [6.45, 7) is 0. The SMILES string of the molecule is Nc1c(C(=O)Nc2ccccn2)sc2nc(-c3ccccc3)cc(C(F)(F)F)c12. The first-order chi connectivity index (χ1) is 13.8. The van der Waals surface area contributed by atoms with E-state index in [9.17, 15) is 18.0 Å². The maximum absolute atomic E-state index is 13.8. The molecule has 3 heterocycles. The van der Waals surface area contributed by atoms with Gasteiger partial charge < -0.3 is 11.1 Å². The van der Waals surface area contributed by atoms with Crippen LogP contribution >= 0.6 is 11.3 Å². The van der Waals surface area contributed by atoms with E-state index in [0.29, 0.717) is 5.56 Å². The van der Waals surface area contributed by atoms with Crippen molar-refractivity contribution in [2.75, 3.05) is 11.1 Å². The van der Waals surface area contributed by atoms with E-state index in [1.165, 1.54) is 6.20 Å². The topological polar surface area (TPSA) is 80.9 Å². The lowest BCUT2D eigenvalue weighted by atomic mass is 10.1. The van der Waals surface area contributed by atoms with Gasteiger partial charge in [0.05, 0.1) is 16.9 Å². The second kappa shape index (κ2) is 7.17. The lowest BCUT2D eigenvalue weighted by Gasteiger charge is -2.11. The van der Waals surface area contributed by atoms with Gasteiger partial charge in [-0.2, -0.15) is 13.2 Å². The molecule has 4 rings (SSSR count). The Balaban J connectivity index is 1.87. The van der Waals surface area contributed by atoms with Crippen molar-refractivity contribution in [2.24, 2.45) is 0 Å². The van der Waals surface area contributed by atoms with Crippen LogP contribution in [0.5, 0.6) is 0 Å². The Morgan fingerprint density at radius 1 is 1.07 bits per heavy atom. The third-order valence-electron chi connectivity index (χ3n) is 4.19. The van der Waals surface area contributed by atoms with Crippen molar-refractivity contribution in [2.45, 2.75) is 6.18 Å². The Labute approximate surface area is 167 Å². The molecule has 3 aromatic heterocycles. The molecule has 0 radical (unpaired) electrons. The maximum Gasteiger partial charge on any atom is 0.417 e. The van der Waals surface area contributed by atoms with Crippen molar-refractivity contribution < 1.29 is 18.0 Å². The minimum atomic E-state index is -4.66. The van der Waals surface area contributed by atoms with Crippen LogP contribution in [-0.2, 0) is 6.18 Å². The summed E-state index contributed by atoms with van der Waals surface area (Å²) in [6, 6.07) is 14.4. The average molecular weight is 414 g/mol. The number of fused-ring (bicyclic) bond motifs is 1. The molecular weight excluding hydrogens is 401 g/mol. The third kappa shape index (κ3) is 3.64. The Morgan fingerprint density at radius 3 is 2.45 bits per heavy atom. The summed E-state index contributed by atoms with van der Waals surface area (Å²) in [5, 5.41) is 2.27. The van der Waals surface area contributed by atoms with Gasteiger partial charge in [0.25, 0.3) is 5.91 Å². The average Bonchev–Trinajstić information content (AvgIpc) is 3.05. The van der Waals surface area contributed by atoms with Crippen LogP contribution in [0.25, 0.3) is 21.5 Å². The smallest absolute Gasteiger partial charge is 0.397 e. The van der Waals surface area contributed by atoms with E-state index in [4.69, 9.17) is 5.73 Å². The molecule has 0 aliphatic rings. The van der Waals surface area contributed by atoms with Crippen LogP contribution < -0.4 is 11.1 Å². The normalized spacial score (nSPS) is 11.6. The highest BCUT2D eigenvalue weighted by molar-refractivity contribution is 7.21. The van der Waals surface area contributed by atoms with E-state index in [1.807, 2.05) is 0 Å². The molecule has 1 amide bonds. The number of carbonyl (C=O) groups is 1. The number of carbonyl (C=O) groups excluding carboxylic acids is 1.